The highest BCUT2D eigenvalue weighted by molar-refractivity contribution is 6.09. The molecule has 1 spiro atoms. The third kappa shape index (κ3) is 2.70. The molecule has 1 aromatic carbocycles. The number of rotatable bonds is 2. The van der Waals surface area contributed by atoms with E-state index in [0.29, 0.717) is 11.5 Å². The van der Waals surface area contributed by atoms with E-state index < -0.39 is 5.66 Å². The summed E-state index contributed by atoms with van der Waals surface area (Å²) in [6.45, 7) is 0. The van der Waals surface area contributed by atoms with E-state index in [1.165, 1.54) is 6.42 Å². The third-order valence-electron chi connectivity index (χ3n) is 4.63. The van der Waals surface area contributed by atoms with Gasteiger partial charge in [-0.1, -0.05) is 18.6 Å². The molecule has 0 bridgehead atoms. The summed E-state index contributed by atoms with van der Waals surface area (Å²) in [5, 5.41) is 0. The molecule has 3 rings (SSSR count). The quantitative estimate of drug-likeness (QED) is 0.859. The summed E-state index contributed by atoms with van der Waals surface area (Å²) in [5.74, 6) is 0.428. The summed E-state index contributed by atoms with van der Waals surface area (Å²) in [6, 6.07) is 7.45. The van der Waals surface area contributed by atoms with Crippen LogP contribution in [0.15, 0.2) is 34.3 Å². The summed E-state index contributed by atoms with van der Waals surface area (Å²) in [5.41, 5.74) is 12.9. The first-order valence-electron chi connectivity index (χ1n) is 8.25. The molecular formula is C17H24N6O. The number of para-hydroxylation sites is 1. The van der Waals surface area contributed by atoms with E-state index in [4.69, 9.17) is 11.5 Å². The van der Waals surface area contributed by atoms with Crippen molar-refractivity contribution >= 4 is 23.5 Å². The van der Waals surface area contributed by atoms with Crippen LogP contribution in [0, 0.1) is 0 Å². The molecule has 1 amide bonds. The van der Waals surface area contributed by atoms with Crippen molar-refractivity contribution in [3.05, 3.63) is 29.8 Å². The molecule has 128 valence electrons. The van der Waals surface area contributed by atoms with Crippen LogP contribution in [0.1, 0.15) is 42.5 Å². The van der Waals surface area contributed by atoms with Gasteiger partial charge < -0.3 is 16.4 Å². The molecule has 0 saturated heterocycles. The number of nitrogens with two attached hydrogens (primary N) is 2. The van der Waals surface area contributed by atoms with Crippen molar-refractivity contribution in [2.45, 2.75) is 37.8 Å². The molecule has 7 nitrogen and oxygen atoms in total. The Kier molecular flexibility index (Phi) is 4.17. The van der Waals surface area contributed by atoms with Gasteiger partial charge in [0.15, 0.2) is 0 Å². The zero-order chi connectivity index (χ0) is 17.3. The lowest BCUT2D eigenvalue weighted by molar-refractivity contribution is 0.0828. The van der Waals surface area contributed by atoms with E-state index in [0.717, 1.165) is 31.4 Å². The highest BCUT2D eigenvalue weighted by Gasteiger charge is 2.43. The van der Waals surface area contributed by atoms with E-state index in [1.807, 2.05) is 29.2 Å². The predicted molar refractivity (Wildman–Crippen MR) is 96.0 cm³/mol. The highest BCUT2D eigenvalue weighted by atomic mass is 16.2. The van der Waals surface area contributed by atoms with Crippen LogP contribution in [0.3, 0.4) is 0 Å². The minimum Gasteiger partial charge on any atom is -0.369 e. The van der Waals surface area contributed by atoms with Crippen molar-refractivity contribution in [1.29, 1.82) is 0 Å². The first kappa shape index (κ1) is 16.3. The molecule has 7 heteroatoms. The number of hydrogen-bond acceptors (Lipinski definition) is 6. The molecule has 1 aliphatic heterocycles. The van der Waals surface area contributed by atoms with Crippen molar-refractivity contribution in [2.24, 2.45) is 21.5 Å². The molecule has 24 heavy (non-hydrogen) atoms. The fourth-order valence-corrected chi connectivity index (χ4v) is 3.56. The van der Waals surface area contributed by atoms with E-state index >= 15 is 0 Å². The second kappa shape index (κ2) is 6.14. The number of anilines is 1. The van der Waals surface area contributed by atoms with Gasteiger partial charge >= 0.3 is 0 Å². The molecular weight excluding hydrogens is 304 g/mol. The Balaban J connectivity index is 2.13. The lowest BCUT2D eigenvalue weighted by Gasteiger charge is -2.46. The topological polar surface area (TPSA) is 100 Å². The molecule has 2 aliphatic rings. The minimum atomic E-state index is -0.545. The SMILES string of the molecule is CN(C)C(=O)c1ccccc1N1C(N)=NC(N)=NC12CCCCC2. The Labute approximate surface area is 142 Å². The van der Waals surface area contributed by atoms with Gasteiger partial charge in [0.1, 0.15) is 5.66 Å². The summed E-state index contributed by atoms with van der Waals surface area (Å²) in [4.78, 5) is 24.9. The summed E-state index contributed by atoms with van der Waals surface area (Å²) < 4.78 is 0. The largest absolute Gasteiger partial charge is 0.369 e. The van der Waals surface area contributed by atoms with Gasteiger partial charge in [0, 0.05) is 14.1 Å². The van der Waals surface area contributed by atoms with Crippen LogP contribution in [0.4, 0.5) is 5.69 Å². The minimum absolute atomic E-state index is 0.0770. The summed E-state index contributed by atoms with van der Waals surface area (Å²) in [7, 11) is 3.47. The van der Waals surface area contributed by atoms with E-state index in [9.17, 15) is 4.79 Å². The molecule has 1 aliphatic carbocycles. The summed E-state index contributed by atoms with van der Waals surface area (Å²) >= 11 is 0. The Hall–Kier alpha value is -2.57. The first-order valence-corrected chi connectivity index (χ1v) is 8.25. The second-order valence-electron chi connectivity index (χ2n) is 6.54. The number of amides is 1. The lowest BCUT2D eigenvalue weighted by Crippen LogP contribution is -2.58. The number of benzene rings is 1. The van der Waals surface area contributed by atoms with Crippen LogP contribution in [-0.2, 0) is 0 Å². The smallest absolute Gasteiger partial charge is 0.255 e. The van der Waals surface area contributed by atoms with Crippen molar-refractivity contribution in [2.75, 3.05) is 19.0 Å². The fourth-order valence-electron chi connectivity index (χ4n) is 3.56. The van der Waals surface area contributed by atoms with Gasteiger partial charge in [-0.25, -0.2) is 4.99 Å². The summed E-state index contributed by atoms with van der Waals surface area (Å²) in [6.07, 6.45) is 4.94. The molecule has 0 atom stereocenters. The maximum Gasteiger partial charge on any atom is 0.255 e. The number of guanidine groups is 2. The standard InChI is InChI=1S/C17H24N6O/c1-22(2)14(24)12-8-4-5-9-13(12)23-16(19)20-15(18)21-17(23)10-6-3-7-11-17/h4-5,8-9H,3,6-7,10-11H2,1-2H3,(H4,18,19,20,21). The van der Waals surface area contributed by atoms with E-state index in [1.54, 1.807) is 19.0 Å². The lowest BCUT2D eigenvalue weighted by atomic mass is 9.87. The zero-order valence-corrected chi connectivity index (χ0v) is 14.2. The maximum atomic E-state index is 12.6. The molecule has 4 N–H and O–H groups in total. The van der Waals surface area contributed by atoms with Crippen molar-refractivity contribution in [3.8, 4) is 0 Å². The number of hydrogen-bond donors (Lipinski definition) is 2. The van der Waals surface area contributed by atoms with Crippen LogP contribution in [0.2, 0.25) is 0 Å². The van der Waals surface area contributed by atoms with Crippen LogP contribution >= 0.6 is 0 Å². The zero-order valence-electron chi connectivity index (χ0n) is 14.2. The number of carbonyl (C=O) groups excluding carboxylic acids is 1. The van der Waals surface area contributed by atoms with Gasteiger partial charge in [-0.05, 0) is 37.8 Å². The van der Waals surface area contributed by atoms with Gasteiger partial charge in [-0.15, -0.1) is 0 Å². The Bertz CT molecular complexity index is 703. The second-order valence-corrected chi connectivity index (χ2v) is 6.54. The molecule has 1 saturated carbocycles. The van der Waals surface area contributed by atoms with Gasteiger partial charge in [-0.2, -0.15) is 4.99 Å². The first-order chi connectivity index (χ1) is 11.4. The van der Waals surface area contributed by atoms with Gasteiger partial charge in [0.25, 0.3) is 5.91 Å². The maximum absolute atomic E-state index is 12.6. The Morgan fingerprint density at radius 3 is 2.50 bits per heavy atom. The van der Waals surface area contributed by atoms with E-state index in [-0.39, 0.29) is 11.9 Å². The Morgan fingerprint density at radius 1 is 1.17 bits per heavy atom. The average molecular weight is 328 g/mol. The number of aliphatic imine (C=N–C) groups is 2. The average Bonchev–Trinajstić information content (AvgIpc) is 2.54. The van der Waals surface area contributed by atoms with E-state index in [2.05, 4.69) is 9.98 Å². The number of nitrogens with zero attached hydrogens (tertiary/aromatic N) is 4. The van der Waals surface area contributed by atoms with Crippen molar-refractivity contribution < 1.29 is 4.79 Å². The molecule has 0 radical (unpaired) electrons. The predicted octanol–water partition coefficient (Wildman–Crippen LogP) is 1.50. The molecule has 1 heterocycles. The molecule has 1 aromatic rings. The van der Waals surface area contributed by atoms with Crippen LogP contribution in [0.25, 0.3) is 0 Å². The Morgan fingerprint density at radius 2 is 1.83 bits per heavy atom. The molecule has 0 aromatic heterocycles. The fraction of sp³-hybridized carbons (Fsp3) is 0.471. The molecule has 1 fully saturated rings. The van der Waals surface area contributed by atoms with Gasteiger partial charge in [0.2, 0.25) is 11.9 Å². The monoisotopic (exact) mass is 328 g/mol. The van der Waals surface area contributed by atoms with Crippen LogP contribution < -0.4 is 16.4 Å². The normalized spacial score (nSPS) is 19.7. The van der Waals surface area contributed by atoms with Crippen molar-refractivity contribution in [3.63, 3.8) is 0 Å². The number of carbonyl (C=O) groups is 1. The van der Waals surface area contributed by atoms with Crippen molar-refractivity contribution in [1.82, 2.24) is 4.90 Å². The van der Waals surface area contributed by atoms with Gasteiger partial charge in [-0.3, -0.25) is 9.69 Å². The molecule has 0 unspecified atom stereocenters. The van der Waals surface area contributed by atoms with Crippen LogP contribution in [0.5, 0.6) is 0 Å². The third-order valence-corrected chi connectivity index (χ3v) is 4.63. The van der Waals surface area contributed by atoms with Crippen LogP contribution in [-0.4, -0.2) is 42.5 Å². The van der Waals surface area contributed by atoms with Gasteiger partial charge in [0.05, 0.1) is 11.3 Å². The highest BCUT2D eigenvalue weighted by Crippen LogP contribution is 2.40.